The molecule has 0 bridgehead atoms. The summed E-state index contributed by atoms with van der Waals surface area (Å²) in [5.74, 6) is 0.434. The summed E-state index contributed by atoms with van der Waals surface area (Å²) in [7, 11) is 0. The topological polar surface area (TPSA) is 56.2 Å². The second-order valence-electron chi connectivity index (χ2n) is 2.03. The van der Waals surface area contributed by atoms with Crippen molar-refractivity contribution >= 4 is 11.5 Å². The fourth-order valence-corrected chi connectivity index (χ4v) is 0.856. The minimum absolute atomic E-state index is 0.434. The normalized spacial score (nSPS) is 10.4. The molecule has 0 aliphatic rings. The van der Waals surface area contributed by atoms with Gasteiger partial charge in [-0.2, -0.15) is 0 Å². The number of fused-ring (bicyclic) bond motifs is 1. The lowest BCUT2D eigenvalue weighted by atomic mass is 10.6. The number of nitrogen functional groups attached to an aromatic ring is 1. The van der Waals surface area contributed by atoms with Gasteiger partial charge in [-0.1, -0.05) is 0 Å². The quantitative estimate of drug-likeness (QED) is 0.564. The van der Waals surface area contributed by atoms with Crippen LogP contribution in [0.15, 0.2) is 24.5 Å². The summed E-state index contributed by atoms with van der Waals surface area (Å²) in [6, 6.07) is 3.76. The van der Waals surface area contributed by atoms with Gasteiger partial charge in [0, 0.05) is 6.20 Å². The third-order valence-electron chi connectivity index (χ3n) is 1.30. The zero-order chi connectivity index (χ0) is 6.97. The summed E-state index contributed by atoms with van der Waals surface area (Å²) >= 11 is 0. The molecule has 0 aliphatic carbocycles. The van der Waals surface area contributed by atoms with Crippen LogP contribution in [0.3, 0.4) is 0 Å². The Morgan fingerprint density at radius 1 is 1.40 bits per heavy atom. The van der Waals surface area contributed by atoms with Crippen molar-refractivity contribution in [2.75, 3.05) is 5.73 Å². The number of rotatable bonds is 0. The van der Waals surface area contributed by atoms with Gasteiger partial charge in [0.1, 0.15) is 0 Å². The molecule has 10 heavy (non-hydrogen) atoms. The molecule has 0 amide bonds. The molecule has 0 radical (unpaired) electrons. The van der Waals surface area contributed by atoms with Crippen LogP contribution in [0.5, 0.6) is 0 Å². The molecule has 2 aromatic rings. The third-order valence-corrected chi connectivity index (χ3v) is 1.30. The van der Waals surface area contributed by atoms with Crippen molar-refractivity contribution in [2.45, 2.75) is 0 Å². The number of hydrogen-bond donors (Lipinski definition) is 1. The molecule has 0 aromatic carbocycles. The monoisotopic (exact) mass is 134 g/mol. The van der Waals surface area contributed by atoms with Crippen molar-refractivity contribution in [3.63, 3.8) is 0 Å². The minimum Gasteiger partial charge on any atom is -0.381 e. The molecule has 50 valence electrons. The first-order valence-corrected chi connectivity index (χ1v) is 2.92. The number of aromatic nitrogens is 3. The van der Waals surface area contributed by atoms with Crippen molar-refractivity contribution in [2.24, 2.45) is 0 Å². The van der Waals surface area contributed by atoms with Crippen molar-refractivity contribution in [3.8, 4) is 0 Å². The van der Waals surface area contributed by atoms with Gasteiger partial charge in [-0.05, 0) is 12.1 Å². The summed E-state index contributed by atoms with van der Waals surface area (Å²) in [5.41, 5.74) is 6.20. The van der Waals surface area contributed by atoms with Gasteiger partial charge in [-0.3, -0.25) is 0 Å². The first-order valence-electron chi connectivity index (χ1n) is 2.92. The minimum atomic E-state index is 0.434. The summed E-state index contributed by atoms with van der Waals surface area (Å²) in [6.45, 7) is 0. The fourth-order valence-electron chi connectivity index (χ4n) is 0.856. The maximum absolute atomic E-state index is 5.39. The molecular formula is C6H6N4. The third kappa shape index (κ3) is 0.621. The lowest BCUT2D eigenvalue weighted by Gasteiger charge is -1.92. The highest BCUT2D eigenvalue weighted by molar-refractivity contribution is 5.39. The van der Waals surface area contributed by atoms with Crippen LogP contribution in [0.4, 0.5) is 5.82 Å². The highest BCUT2D eigenvalue weighted by atomic mass is 15.2. The van der Waals surface area contributed by atoms with E-state index < -0.39 is 0 Å². The molecule has 0 saturated carbocycles. The van der Waals surface area contributed by atoms with E-state index in [1.807, 2.05) is 22.7 Å². The maximum atomic E-state index is 5.39. The number of nitrogens with zero attached hydrogens (tertiary/aromatic N) is 3. The van der Waals surface area contributed by atoms with Crippen LogP contribution in [-0.4, -0.2) is 14.6 Å². The molecule has 0 aliphatic heterocycles. The van der Waals surface area contributed by atoms with E-state index in [1.165, 1.54) is 0 Å². The molecule has 0 atom stereocenters. The van der Waals surface area contributed by atoms with Crippen LogP contribution in [-0.2, 0) is 0 Å². The van der Waals surface area contributed by atoms with E-state index in [-0.39, 0.29) is 0 Å². The first-order chi connectivity index (χ1) is 4.86. The Labute approximate surface area is 57.3 Å². The van der Waals surface area contributed by atoms with E-state index in [1.54, 1.807) is 6.20 Å². The SMILES string of the molecule is Nc1cn2cccc2nn1. The smallest absolute Gasteiger partial charge is 0.162 e. The van der Waals surface area contributed by atoms with Crippen LogP contribution in [0, 0.1) is 0 Å². The Kier molecular flexibility index (Phi) is 0.887. The lowest BCUT2D eigenvalue weighted by molar-refractivity contribution is 0.995. The van der Waals surface area contributed by atoms with Crippen LogP contribution < -0.4 is 5.73 Å². The van der Waals surface area contributed by atoms with Gasteiger partial charge < -0.3 is 10.1 Å². The Morgan fingerprint density at radius 3 is 3.20 bits per heavy atom. The summed E-state index contributed by atoms with van der Waals surface area (Å²) in [4.78, 5) is 0. The molecule has 0 fully saturated rings. The zero-order valence-corrected chi connectivity index (χ0v) is 5.23. The van der Waals surface area contributed by atoms with Crippen LogP contribution in [0.1, 0.15) is 0 Å². The molecule has 4 heteroatoms. The number of nitrogens with two attached hydrogens (primary N) is 1. The Balaban J connectivity index is 2.86. The predicted octanol–water partition coefficient (Wildman–Crippen LogP) is 0.312. The number of anilines is 1. The fraction of sp³-hybridized carbons (Fsp3) is 0. The van der Waals surface area contributed by atoms with Crippen molar-refractivity contribution < 1.29 is 0 Å². The molecule has 4 nitrogen and oxygen atoms in total. The van der Waals surface area contributed by atoms with E-state index in [0.29, 0.717) is 5.82 Å². The van der Waals surface area contributed by atoms with Gasteiger partial charge in [-0.15, -0.1) is 10.2 Å². The largest absolute Gasteiger partial charge is 0.381 e. The predicted molar refractivity (Wildman–Crippen MR) is 37.4 cm³/mol. The van der Waals surface area contributed by atoms with Gasteiger partial charge >= 0.3 is 0 Å². The second kappa shape index (κ2) is 1.70. The average Bonchev–Trinajstić information content (AvgIpc) is 2.33. The molecule has 2 rings (SSSR count). The van der Waals surface area contributed by atoms with Crippen LogP contribution in [0.25, 0.3) is 5.65 Å². The Morgan fingerprint density at radius 2 is 2.30 bits per heavy atom. The molecule has 2 N–H and O–H groups in total. The van der Waals surface area contributed by atoms with Crippen molar-refractivity contribution in [1.29, 1.82) is 0 Å². The molecule has 0 saturated heterocycles. The van der Waals surface area contributed by atoms with Gasteiger partial charge in [0.05, 0.1) is 6.20 Å². The summed E-state index contributed by atoms with van der Waals surface area (Å²) in [6.07, 6.45) is 3.60. The second-order valence-corrected chi connectivity index (χ2v) is 2.03. The first kappa shape index (κ1) is 5.22. The lowest BCUT2D eigenvalue weighted by Crippen LogP contribution is -1.96. The molecule has 2 heterocycles. The Bertz CT molecular complexity index is 351. The van der Waals surface area contributed by atoms with Gasteiger partial charge in [0.2, 0.25) is 0 Å². The van der Waals surface area contributed by atoms with E-state index in [2.05, 4.69) is 10.2 Å². The highest BCUT2D eigenvalue weighted by Crippen LogP contribution is 2.00. The molecule has 0 unspecified atom stereocenters. The molecule has 0 spiro atoms. The van der Waals surface area contributed by atoms with Crippen molar-refractivity contribution in [1.82, 2.24) is 14.6 Å². The highest BCUT2D eigenvalue weighted by Gasteiger charge is 1.92. The van der Waals surface area contributed by atoms with Crippen LogP contribution in [0.2, 0.25) is 0 Å². The van der Waals surface area contributed by atoms with Crippen LogP contribution >= 0.6 is 0 Å². The van der Waals surface area contributed by atoms with E-state index >= 15 is 0 Å². The van der Waals surface area contributed by atoms with Gasteiger partial charge in [0.15, 0.2) is 11.5 Å². The average molecular weight is 134 g/mol. The Hall–Kier alpha value is -1.58. The van der Waals surface area contributed by atoms with E-state index in [0.717, 1.165) is 5.65 Å². The van der Waals surface area contributed by atoms with Gasteiger partial charge in [0.25, 0.3) is 0 Å². The summed E-state index contributed by atoms with van der Waals surface area (Å²) < 4.78 is 1.82. The molecular weight excluding hydrogens is 128 g/mol. The zero-order valence-electron chi connectivity index (χ0n) is 5.23. The van der Waals surface area contributed by atoms with E-state index in [4.69, 9.17) is 5.73 Å². The number of hydrogen-bond acceptors (Lipinski definition) is 3. The molecule has 2 aromatic heterocycles. The van der Waals surface area contributed by atoms with Crippen molar-refractivity contribution in [3.05, 3.63) is 24.5 Å². The van der Waals surface area contributed by atoms with Gasteiger partial charge in [-0.25, -0.2) is 0 Å². The maximum Gasteiger partial charge on any atom is 0.162 e. The van der Waals surface area contributed by atoms with E-state index in [9.17, 15) is 0 Å². The summed E-state index contributed by atoms with van der Waals surface area (Å²) in [5, 5.41) is 7.52. The standard InChI is InChI=1S/C6H6N4/c7-5-4-10-3-1-2-6(10)9-8-5/h1-4H,7H2.